The molecule has 0 amide bonds. The van der Waals surface area contributed by atoms with Crippen LogP contribution in [0.4, 0.5) is 0 Å². The highest BCUT2D eigenvalue weighted by Crippen LogP contribution is 2.40. The zero-order valence-corrected chi connectivity index (χ0v) is 12.4. The van der Waals surface area contributed by atoms with Crippen molar-refractivity contribution in [2.75, 3.05) is 0 Å². The Hall–Kier alpha value is -0.100. The fraction of sp³-hybridized carbons (Fsp3) is 0.667. The van der Waals surface area contributed by atoms with E-state index in [1.807, 2.05) is 0 Å². The minimum atomic E-state index is -3.33. The number of hydrogen-bond donors (Lipinski definition) is 0. The van der Waals surface area contributed by atoms with Crippen LogP contribution in [-0.2, 0) is 10.0 Å². The van der Waals surface area contributed by atoms with Crippen LogP contribution in [0, 0.1) is 0 Å². The fourth-order valence-electron chi connectivity index (χ4n) is 2.72. The summed E-state index contributed by atoms with van der Waals surface area (Å²) >= 11 is 7.02. The van der Waals surface area contributed by atoms with Gasteiger partial charge >= 0.3 is 0 Å². The van der Waals surface area contributed by atoms with E-state index < -0.39 is 10.0 Å². The van der Waals surface area contributed by atoms with Crippen LogP contribution in [0.15, 0.2) is 16.3 Å². The van der Waals surface area contributed by atoms with E-state index >= 15 is 0 Å². The van der Waals surface area contributed by atoms with Crippen molar-refractivity contribution >= 4 is 33.0 Å². The van der Waals surface area contributed by atoms with E-state index in [1.54, 1.807) is 16.4 Å². The second kappa shape index (κ2) is 4.78. The molecule has 0 bridgehead atoms. The molecule has 2 aliphatic rings. The molecule has 0 aliphatic heterocycles. The first-order chi connectivity index (χ1) is 8.59. The third kappa shape index (κ3) is 2.33. The van der Waals surface area contributed by atoms with Gasteiger partial charge in [-0.2, -0.15) is 4.31 Å². The molecule has 0 unspecified atom stereocenters. The molecule has 100 valence electrons. The van der Waals surface area contributed by atoms with Gasteiger partial charge in [0.25, 0.3) is 10.0 Å². The van der Waals surface area contributed by atoms with Crippen molar-refractivity contribution in [3.05, 3.63) is 16.5 Å². The van der Waals surface area contributed by atoms with Gasteiger partial charge in [-0.15, -0.1) is 11.3 Å². The van der Waals surface area contributed by atoms with E-state index in [4.69, 9.17) is 11.6 Å². The summed E-state index contributed by atoms with van der Waals surface area (Å²) in [5.74, 6) is 0. The summed E-state index contributed by atoms with van der Waals surface area (Å²) < 4.78 is 28.1. The summed E-state index contributed by atoms with van der Waals surface area (Å²) in [6.45, 7) is 0. The van der Waals surface area contributed by atoms with Crippen molar-refractivity contribution in [3.63, 3.8) is 0 Å². The van der Waals surface area contributed by atoms with Gasteiger partial charge in [0.15, 0.2) is 0 Å². The van der Waals surface area contributed by atoms with Crippen molar-refractivity contribution in [1.29, 1.82) is 0 Å². The Morgan fingerprint density at radius 3 is 2.22 bits per heavy atom. The molecule has 18 heavy (non-hydrogen) atoms. The zero-order chi connectivity index (χ0) is 12.8. The lowest BCUT2D eigenvalue weighted by atomic mass is 10.2. The van der Waals surface area contributed by atoms with E-state index in [0.717, 1.165) is 49.9 Å². The Labute approximate surface area is 117 Å². The SMILES string of the molecule is O=S(=O)(c1ccc(Cl)s1)N(C1CCCC1)C1CC1. The monoisotopic (exact) mass is 305 g/mol. The van der Waals surface area contributed by atoms with Gasteiger partial charge < -0.3 is 0 Å². The number of rotatable bonds is 4. The Morgan fingerprint density at radius 2 is 1.72 bits per heavy atom. The molecule has 0 spiro atoms. The van der Waals surface area contributed by atoms with Crippen molar-refractivity contribution in [1.82, 2.24) is 4.31 Å². The third-order valence-electron chi connectivity index (χ3n) is 3.67. The molecule has 0 radical (unpaired) electrons. The molecule has 0 atom stereocenters. The van der Waals surface area contributed by atoms with Gasteiger partial charge in [0, 0.05) is 12.1 Å². The zero-order valence-electron chi connectivity index (χ0n) is 10.0. The van der Waals surface area contributed by atoms with E-state index in [9.17, 15) is 8.42 Å². The van der Waals surface area contributed by atoms with Gasteiger partial charge in [-0.3, -0.25) is 0 Å². The minimum Gasteiger partial charge on any atom is -0.206 e. The predicted octanol–water partition coefficient (Wildman–Crippen LogP) is 3.50. The Bertz CT molecular complexity index is 530. The normalized spacial score (nSPS) is 21.9. The van der Waals surface area contributed by atoms with Crippen LogP contribution < -0.4 is 0 Å². The number of sulfonamides is 1. The molecule has 2 aliphatic carbocycles. The molecule has 0 aromatic carbocycles. The largest absolute Gasteiger partial charge is 0.253 e. The summed E-state index contributed by atoms with van der Waals surface area (Å²) in [5.41, 5.74) is 0. The molecule has 2 fully saturated rings. The highest BCUT2D eigenvalue weighted by atomic mass is 35.5. The third-order valence-corrected chi connectivity index (χ3v) is 7.38. The van der Waals surface area contributed by atoms with Crippen LogP contribution in [-0.4, -0.2) is 24.8 Å². The quantitative estimate of drug-likeness (QED) is 0.854. The maximum absolute atomic E-state index is 12.7. The van der Waals surface area contributed by atoms with Crippen LogP contribution in [0.2, 0.25) is 4.34 Å². The molecule has 1 aromatic heterocycles. The Balaban J connectivity index is 1.93. The highest BCUT2D eigenvalue weighted by molar-refractivity contribution is 7.91. The topological polar surface area (TPSA) is 37.4 Å². The van der Waals surface area contributed by atoms with Crippen LogP contribution in [0.1, 0.15) is 38.5 Å². The molecule has 6 heteroatoms. The van der Waals surface area contributed by atoms with Crippen molar-refractivity contribution in [2.45, 2.75) is 54.8 Å². The van der Waals surface area contributed by atoms with Gasteiger partial charge in [-0.05, 0) is 37.8 Å². The van der Waals surface area contributed by atoms with E-state index in [0.29, 0.717) is 8.55 Å². The maximum Gasteiger partial charge on any atom is 0.253 e. The van der Waals surface area contributed by atoms with Crippen LogP contribution >= 0.6 is 22.9 Å². The highest BCUT2D eigenvalue weighted by Gasteiger charge is 2.43. The molecule has 3 rings (SSSR count). The standard InChI is InChI=1S/C12H16ClNO2S2/c13-11-7-8-12(17-11)18(15,16)14(10-5-6-10)9-3-1-2-4-9/h7-10H,1-6H2. The Morgan fingerprint density at radius 1 is 1.11 bits per heavy atom. The van der Waals surface area contributed by atoms with Crippen molar-refractivity contribution < 1.29 is 8.42 Å². The molecule has 1 aromatic rings. The molecular formula is C12H16ClNO2S2. The lowest BCUT2D eigenvalue weighted by Crippen LogP contribution is -2.40. The summed E-state index contributed by atoms with van der Waals surface area (Å²) in [5, 5.41) is 0. The average Bonchev–Trinajstić information content (AvgIpc) is 2.81. The number of halogens is 1. The van der Waals surface area contributed by atoms with Gasteiger partial charge in [-0.1, -0.05) is 24.4 Å². The van der Waals surface area contributed by atoms with Gasteiger partial charge in [-0.25, -0.2) is 8.42 Å². The first-order valence-corrected chi connectivity index (χ1v) is 9.01. The summed E-state index contributed by atoms with van der Waals surface area (Å²) in [6.07, 6.45) is 6.33. The molecule has 1 heterocycles. The predicted molar refractivity (Wildman–Crippen MR) is 73.6 cm³/mol. The van der Waals surface area contributed by atoms with Gasteiger partial charge in [0.05, 0.1) is 4.34 Å². The molecule has 0 saturated heterocycles. The number of hydrogen-bond acceptors (Lipinski definition) is 3. The number of thiophene rings is 1. The molecule has 2 saturated carbocycles. The van der Waals surface area contributed by atoms with Gasteiger partial charge in [0.2, 0.25) is 0 Å². The summed E-state index contributed by atoms with van der Waals surface area (Å²) in [7, 11) is -3.33. The molecule has 3 nitrogen and oxygen atoms in total. The smallest absolute Gasteiger partial charge is 0.206 e. The van der Waals surface area contributed by atoms with Crippen LogP contribution in [0.5, 0.6) is 0 Å². The minimum absolute atomic E-state index is 0.211. The number of nitrogens with zero attached hydrogens (tertiary/aromatic N) is 1. The van der Waals surface area contributed by atoms with Crippen molar-refractivity contribution in [3.8, 4) is 0 Å². The molecule has 0 N–H and O–H groups in total. The Kier molecular flexibility index (Phi) is 3.43. The van der Waals surface area contributed by atoms with Crippen LogP contribution in [0.25, 0.3) is 0 Å². The van der Waals surface area contributed by atoms with E-state index in [1.165, 1.54) is 0 Å². The second-order valence-electron chi connectivity index (χ2n) is 5.06. The maximum atomic E-state index is 12.7. The first kappa shape index (κ1) is 12.9. The average molecular weight is 306 g/mol. The molecular weight excluding hydrogens is 290 g/mol. The summed E-state index contributed by atoms with van der Waals surface area (Å²) in [6, 6.07) is 3.74. The fourth-order valence-corrected chi connectivity index (χ4v) is 6.24. The first-order valence-electron chi connectivity index (χ1n) is 6.38. The van der Waals surface area contributed by atoms with E-state index in [2.05, 4.69) is 0 Å². The second-order valence-corrected chi connectivity index (χ2v) is 8.85. The van der Waals surface area contributed by atoms with Gasteiger partial charge in [0.1, 0.15) is 4.21 Å². The lowest BCUT2D eigenvalue weighted by molar-refractivity contribution is 0.315. The summed E-state index contributed by atoms with van der Waals surface area (Å²) in [4.78, 5) is 0. The lowest BCUT2D eigenvalue weighted by Gasteiger charge is -2.27. The van der Waals surface area contributed by atoms with E-state index in [-0.39, 0.29) is 12.1 Å². The van der Waals surface area contributed by atoms with Crippen LogP contribution in [0.3, 0.4) is 0 Å². The van der Waals surface area contributed by atoms with Crippen molar-refractivity contribution in [2.24, 2.45) is 0 Å².